The van der Waals surface area contributed by atoms with Crippen molar-refractivity contribution < 1.29 is 4.92 Å². The maximum Gasteiger partial charge on any atom is 0.269 e. The molecule has 0 aliphatic heterocycles. The van der Waals surface area contributed by atoms with E-state index in [4.69, 9.17) is 17.3 Å². The predicted octanol–water partition coefficient (Wildman–Crippen LogP) is 1.78. The van der Waals surface area contributed by atoms with Gasteiger partial charge in [-0.1, -0.05) is 11.6 Å². The molecule has 0 atom stereocenters. The van der Waals surface area contributed by atoms with E-state index in [-0.39, 0.29) is 16.7 Å². The summed E-state index contributed by atoms with van der Waals surface area (Å²) in [5, 5.41) is 18.2. The SMILES string of the molecule is NC(=N/N=C\c1ccc([N+](=O)[O-])cc1)c1cncc(Cl)n1. The van der Waals surface area contributed by atoms with Crippen molar-refractivity contribution in [2.75, 3.05) is 0 Å². The van der Waals surface area contributed by atoms with Gasteiger partial charge in [0.1, 0.15) is 10.8 Å². The number of halogens is 1. The molecular formula is C12H9ClN6O2. The van der Waals surface area contributed by atoms with Crippen LogP contribution in [0.4, 0.5) is 5.69 Å². The van der Waals surface area contributed by atoms with E-state index in [1.54, 1.807) is 12.1 Å². The molecule has 2 aromatic rings. The van der Waals surface area contributed by atoms with Crippen LogP contribution in [-0.4, -0.2) is 26.9 Å². The van der Waals surface area contributed by atoms with Crippen molar-refractivity contribution >= 4 is 29.3 Å². The molecule has 1 aromatic heterocycles. The number of aromatic nitrogens is 2. The van der Waals surface area contributed by atoms with Gasteiger partial charge in [-0.2, -0.15) is 5.10 Å². The van der Waals surface area contributed by atoms with E-state index < -0.39 is 4.92 Å². The van der Waals surface area contributed by atoms with Crippen molar-refractivity contribution in [3.05, 3.63) is 63.2 Å². The van der Waals surface area contributed by atoms with Crippen LogP contribution in [0.2, 0.25) is 5.15 Å². The first-order valence-corrected chi connectivity index (χ1v) is 6.03. The minimum absolute atomic E-state index is 0.00404. The van der Waals surface area contributed by atoms with Gasteiger partial charge in [0.15, 0.2) is 5.84 Å². The highest BCUT2D eigenvalue weighted by molar-refractivity contribution is 6.29. The molecule has 0 saturated heterocycles. The second-order valence-corrected chi connectivity index (χ2v) is 4.19. The Balaban J connectivity index is 2.10. The lowest BCUT2D eigenvalue weighted by Crippen LogP contribution is -2.15. The molecule has 21 heavy (non-hydrogen) atoms. The van der Waals surface area contributed by atoms with Gasteiger partial charge in [-0.25, -0.2) is 4.98 Å². The minimum atomic E-state index is -0.477. The first-order chi connectivity index (χ1) is 10.1. The summed E-state index contributed by atoms with van der Waals surface area (Å²) in [5.74, 6) is 0.0585. The Morgan fingerprint density at radius 2 is 2.05 bits per heavy atom. The number of nitro benzene ring substituents is 1. The summed E-state index contributed by atoms with van der Waals surface area (Å²) in [7, 11) is 0. The van der Waals surface area contributed by atoms with Gasteiger partial charge < -0.3 is 5.73 Å². The number of non-ortho nitro benzene ring substituents is 1. The van der Waals surface area contributed by atoms with Gasteiger partial charge in [0.05, 0.1) is 23.5 Å². The van der Waals surface area contributed by atoms with E-state index in [9.17, 15) is 10.1 Å². The van der Waals surface area contributed by atoms with E-state index >= 15 is 0 Å². The highest BCUT2D eigenvalue weighted by atomic mass is 35.5. The van der Waals surface area contributed by atoms with Crippen LogP contribution in [0.1, 0.15) is 11.3 Å². The van der Waals surface area contributed by atoms with Crippen LogP contribution in [0.15, 0.2) is 46.9 Å². The number of nitro groups is 1. The fraction of sp³-hybridized carbons (Fsp3) is 0. The van der Waals surface area contributed by atoms with Crippen molar-refractivity contribution in [2.45, 2.75) is 0 Å². The largest absolute Gasteiger partial charge is 0.380 e. The smallest absolute Gasteiger partial charge is 0.269 e. The van der Waals surface area contributed by atoms with Gasteiger partial charge in [-0.15, -0.1) is 5.10 Å². The maximum absolute atomic E-state index is 10.5. The lowest BCUT2D eigenvalue weighted by molar-refractivity contribution is -0.384. The van der Waals surface area contributed by atoms with Gasteiger partial charge in [0, 0.05) is 12.1 Å². The van der Waals surface area contributed by atoms with E-state index in [0.717, 1.165) is 0 Å². The van der Waals surface area contributed by atoms with Crippen LogP contribution in [0.3, 0.4) is 0 Å². The molecule has 0 amide bonds. The predicted molar refractivity (Wildman–Crippen MR) is 78.5 cm³/mol. The zero-order chi connectivity index (χ0) is 15.2. The van der Waals surface area contributed by atoms with Gasteiger partial charge in [-0.3, -0.25) is 15.1 Å². The van der Waals surface area contributed by atoms with E-state index in [1.165, 1.54) is 30.7 Å². The third kappa shape index (κ3) is 4.05. The fourth-order valence-electron chi connectivity index (χ4n) is 1.36. The molecule has 1 aromatic carbocycles. The summed E-state index contributed by atoms with van der Waals surface area (Å²) in [6.07, 6.45) is 4.19. The topological polar surface area (TPSA) is 120 Å². The third-order valence-electron chi connectivity index (χ3n) is 2.34. The monoisotopic (exact) mass is 304 g/mol. The zero-order valence-corrected chi connectivity index (χ0v) is 11.3. The summed E-state index contributed by atoms with van der Waals surface area (Å²) in [5.41, 5.74) is 6.64. The zero-order valence-electron chi connectivity index (χ0n) is 10.5. The summed E-state index contributed by atoms with van der Waals surface area (Å²) < 4.78 is 0. The molecule has 106 valence electrons. The lowest BCUT2D eigenvalue weighted by atomic mass is 10.2. The van der Waals surface area contributed by atoms with Crippen LogP contribution >= 0.6 is 11.6 Å². The molecule has 0 spiro atoms. The molecule has 0 saturated carbocycles. The first kappa shape index (κ1) is 14.5. The number of benzene rings is 1. The van der Waals surface area contributed by atoms with Crippen LogP contribution < -0.4 is 5.73 Å². The van der Waals surface area contributed by atoms with Crippen molar-refractivity contribution in [3.63, 3.8) is 0 Å². The number of rotatable bonds is 4. The molecule has 0 aliphatic rings. The first-order valence-electron chi connectivity index (χ1n) is 5.65. The normalized spacial score (nSPS) is 11.8. The Bertz CT molecular complexity index is 714. The Hall–Kier alpha value is -2.87. The Kier molecular flexibility index (Phi) is 4.52. The number of nitrogens with two attached hydrogens (primary N) is 1. The fourth-order valence-corrected chi connectivity index (χ4v) is 1.50. The molecule has 2 rings (SSSR count). The molecule has 8 nitrogen and oxygen atoms in total. The molecule has 2 N–H and O–H groups in total. The summed E-state index contributed by atoms with van der Waals surface area (Å²) in [6, 6.07) is 5.84. The van der Waals surface area contributed by atoms with Crippen molar-refractivity contribution in [1.82, 2.24) is 9.97 Å². The second kappa shape index (κ2) is 6.53. The number of nitrogens with zero attached hydrogens (tertiary/aromatic N) is 5. The number of amidine groups is 1. The van der Waals surface area contributed by atoms with Gasteiger partial charge >= 0.3 is 0 Å². The van der Waals surface area contributed by atoms with E-state index in [2.05, 4.69) is 20.2 Å². The average molecular weight is 305 g/mol. The molecule has 9 heteroatoms. The van der Waals surface area contributed by atoms with Crippen LogP contribution in [0, 0.1) is 10.1 Å². The maximum atomic E-state index is 10.5. The molecule has 0 unspecified atom stereocenters. The highest BCUT2D eigenvalue weighted by Crippen LogP contribution is 2.10. The van der Waals surface area contributed by atoms with Crippen LogP contribution in [0.5, 0.6) is 0 Å². The van der Waals surface area contributed by atoms with Crippen LogP contribution in [-0.2, 0) is 0 Å². The summed E-state index contributed by atoms with van der Waals surface area (Å²) >= 11 is 5.68. The Labute approximate surface area is 124 Å². The molecule has 0 radical (unpaired) electrons. The van der Waals surface area contributed by atoms with Gasteiger partial charge in [0.2, 0.25) is 0 Å². The van der Waals surface area contributed by atoms with Gasteiger partial charge in [0.25, 0.3) is 5.69 Å². The highest BCUT2D eigenvalue weighted by Gasteiger charge is 2.03. The molecule has 0 bridgehead atoms. The average Bonchev–Trinajstić information content (AvgIpc) is 2.47. The number of hydrogen-bond donors (Lipinski definition) is 1. The third-order valence-corrected chi connectivity index (χ3v) is 2.53. The lowest BCUT2D eigenvalue weighted by Gasteiger charge is -1.97. The van der Waals surface area contributed by atoms with Crippen molar-refractivity contribution in [1.29, 1.82) is 0 Å². The summed E-state index contributed by atoms with van der Waals surface area (Å²) in [4.78, 5) is 17.8. The van der Waals surface area contributed by atoms with Crippen molar-refractivity contribution in [2.24, 2.45) is 15.9 Å². The quantitative estimate of drug-likeness (QED) is 0.399. The molecule has 0 aliphatic carbocycles. The van der Waals surface area contributed by atoms with E-state index in [0.29, 0.717) is 11.3 Å². The van der Waals surface area contributed by atoms with Crippen LogP contribution in [0.25, 0.3) is 0 Å². The molecule has 1 heterocycles. The standard InChI is InChI=1S/C12H9ClN6O2/c13-11-7-15-6-10(17-11)12(14)18-16-5-8-1-3-9(4-2-8)19(20)21/h1-7H,(H2,14,18)/b16-5-. The Morgan fingerprint density at radius 3 is 2.67 bits per heavy atom. The molecule has 0 fully saturated rings. The van der Waals surface area contributed by atoms with Crippen molar-refractivity contribution in [3.8, 4) is 0 Å². The van der Waals surface area contributed by atoms with E-state index in [1.807, 2.05) is 0 Å². The summed E-state index contributed by atoms with van der Waals surface area (Å²) in [6.45, 7) is 0. The van der Waals surface area contributed by atoms with Gasteiger partial charge in [-0.05, 0) is 17.7 Å². The molecular weight excluding hydrogens is 296 g/mol. The minimum Gasteiger partial charge on any atom is -0.380 e. The number of hydrogen-bond acceptors (Lipinski definition) is 6. The second-order valence-electron chi connectivity index (χ2n) is 3.81. The Morgan fingerprint density at radius 1 is 1.33 bits per heavy atom.